The van der Waals surface area contributed by atoms with Gasteiger partial charge >= 0.3 is 6.09 Å². The van der Waals surface area contributed by atoms with E-state index in [0.29, 0.717) is 24.8 Å². The van der Waals surface area contributed by atoms with E-state index in [9.17, 15) is 9.59 Å². The summed E-state index contributed by atoms with van der Waals surface area (Å²) < 4.78 is 7.17. The van der Waals surface area contributed by atoms with Crippen LogP contribution < -0.4 is 10.5 Å². The van der Waals surface area contributed by atoms with Gasteiger partial charge < -0.3 is 14.5 Å². The van der Waals surface area contributed by atoms with Crippen molar-refractivity contribution in [2.45, 2.75) is 45.4 Å². The molecular formula is C22H31N5O3. The molecular weight excluding hydrogens is 382 g/mol. The molecule has 8 heteroatoms. The van der Waals surface area contributed by atoms with Gasteiger partial charge in [-0.15, -0.1) is 0 Å². The summed E-state index contributed by atoms with van der Waals surface area (Å²) in [6, 6.07) is 6.13. The number of carbonyl (C=O) groups excluding carboxylic acids is 1. The van der Waals surface area contributed by atoms with Crippen molar-refractivity contribution in [3.8, 4) is 0 Å². The number of ether oxygens (including phenoxy) is 1. The molecule has 0 aromatic carbocycles. The van der Waals surface area contributed by atoms with E-state index >= 15 is 0 Å². The summed E-state index contributed by atoms with van der Waals surface area (Å²) in [6.07, 6.45) is 1.46. The Balaban J connectivity index is 1.60. The first kappa shape index (κ1) is 20.7. The third-order valence-electron chi connectivity index (χ3n) is 5.97. The third kappa shape index (κ3) is 3.88. The van der Waals surface area contributed by atoms with Crippen LogP contribution in [0.25, 0.3) is 11.0 Å². The van der Waals surface area contributed by atoms with Gasteiger partial charge in [0, 0.05) is 69.5 Å². The first-order chi connectivity index (χ1) is 14.1. The van der Waals surface area contributed by atoms with Gasteiger partial charge in [-0.2, -0.15) is 0 Å². The quantitative estimate of drug-likeness (QED) is 0.713. The maximum Gasteiger partial charge on any atom is 0.410 e. The summed E-state index contributed by atoms with van der Waals surface area (Å²) in [7, 11) is 1.75. The lowest BCUT2D eigenvalue weighted by Crippen LogP contribution is -2.66. The molecule has 4 rings (SSSR count). The molecule has 0 bridgehead atoms. The number of nitrogens with zero attached hydrogens (tertiary/aromatic N) is 5. The smallest absolute Gasteiger partial charge is 0.410 e. The molecule has 2 aliphatic heterocycles. The van der Waals surface area contributed by atoms with Gasteiger partial charge in [-0.3, -0.25) is 14.3 Å². The number of piperazine rings is 2. The Morgan fingerprint density at radius 2 is 1.97 bits per heavy atom. The van der Waals surface area contributed by atoms with Gasteiger partial charge in [0.2, 0.25) is 0 Å². The van der Waals surface area contributed by atoms with Crippen molar-refractivity contribution in [1.82, 2.24) is 19.4 Å². The predicted molar refractivity (Wildman–Crippen MR) is 117 cm³/mol. The number of carbonyl (C=O) groups is 1. The van der Waals surface area contributed by atoms with Gasteiger partial charge in [-0.05, 0) is 39.8 Å². The minimum absolute atomic E-state index is 0.0645. The second-order valence-corrected chi connectivity index (χ2v) is 9.37. The Hall–Kier alpha value is -2.61. The molecule has 8 nitrogen and oxygen atoms in total. The average Bonchev–Trinajstić information content (AvgIpc) is 2.69. The summed E-state index contributed by atoms with van der Waals surface area (Å²) in [5.74, 6) is 0. The molecule has 0 aliphatic carbocycles. The van der Waals surface area contributed by atoms with E-state index in [1.54, 1.807) is 23.9 Å². The molecule has 4 heterocycles. The van der Waals surface area contributed by atoms with Gasteiger partial charge in [-0.1, -0.05) is 0 Å². The molecule has 162 valence electrons. The summed E-state index contributed by atoms with van der Waals surface area (Å²) in [5.41, 5.74) is 1.04. The summed E-state index contributed by atoms with van der Waals surface area (Å²) in [5, 5.41) is 0.972. The summed E-state index contributed by atoms with van der Waals surface area (Å²) >= 11 is 0. The highest BCUT2D eigenvalue weighted by Gasteiger charge is 2.39. The number of anilines is 1. The minimum atomic E-state index is -0.504. The van der Waals surface area contributed by atoms with E-state index in [-0.39, 0.29) is 17.7 Å². The van der Waals surface area contributed by atoms with Gasteiger partial charge in [0.15, 0.2) is 0 Å². The van der Waals surface area contributed by atoms with Crippen LogP contribution in [0.3, 0.4) is 0 Å². The van der Waals surface area contributed by atoms with Gasteiger partial charge in [-0.25, -0.2) is 9.78 Å². The number of hydrogen-bond donors (Lipinski definition) is 0. The van der Waals surface area contributed by atoms with Crippen molar-refractivity contribution < 1.29 is 9.53 Å². The van der Waals surface area contributed by atoms with Crippen LogP contribution in [0.5, 0.6) is 0 Å². The zero-order chi connectivity index (χ0) is 21.6. The molecule has 2 atom stereocenters. The molecule has 0 saturated carbocycles. The lowest BCUT2D eigenvalue weighted by molar-refractivity contribution is -0.00654. The first-order valence-electron chi connectivity index (χ1n) is 10.6. The maximum atomic E-state index is 12.6. The average molecular weight is 414 g/mol. The molecule has 0 radical (unpaired) electrons. The Morgan fingerprint density at radius 1 is 1.20 bits per heavy atom. The molecule has 2 aromatic rings. The highest BCUT2D eigenvalue weighted by molar-refractivity contribution is 5.89. The van der Waals surface area contributed by atoms with Crippen molar-refractivity contribution in [2.75, 3.05) is 37.6 Å². The van der Waals surface area contributed by atoms with Gasteiger partial charge in [0.1, 0.15) is 11.2 Å². The molecule has 0 N–H and O–H groups in total. The van der Waals surface area contributed by atoms with Crippen molar-refractivity contribution >= 4 is 22.8 Å². The third-order valence-corrected chi connectivity index (χ3v) is 5.97. The molecule has 0 spiro atoms. The van der Waals surface area contributed by atoms with Crippen LogP contribution in [0.1, 0.15) is 27.7 Å². The number of aromatic nitrogens is 2. The van der Waals surface area contributed by atoms with Gasteiger partial charge in [0.25, 0.3) is 5.56 Å². The van der Waals surface area contributed by atoms with Crippen molar-refractivity contribution in [3.63, 3.8) is 0 Å². The van der Waals surface area contributed by atoms with E-state index in [1.165, 1.54) is 0 Å². The van der Waals surface area contributed by atoms with Crippen LogP contribution in [0.2, 0.25) is 0 Å². The maximum absolute atomic E-state index is 12.6. The Kier molecular flexibility index (Phi) is 5.22. The van der Waals surface area contributed by atoms with Crippen LogP contribution in [-0.4, -0.2) is 75.9 Å². The van der Waals surface area contributed by atoms with Crippen LogP contribution in [-0.2, 0) is 11.8 Å². The number of fused-ring (bicyclic) bond motifs is 2. The van der Waals surface area contributed by atoms with Crippen molar-refractivity contribution in [3.05, 3.63) is 34.7 Å². The molecule has 2 aromatic heterocycles. The fourth-order valence-corrected chi connectivity index (χ4v) is 4.58. The molecule has 2 saturated heterocycles. The standard InChI is InChI=1S/C22H31N5O3/c1-15-12-26(18-11-19(28)24(5)20-17(18)7-6-8-23-20)14-16-13-25(9-10-27(15)16)21(29)30-22(2,3)4/h6-8,11,15-16H,9-10,12-14H2,1-5H3/t15-,16+/m1/s1. The van der Waals surface area contributed by atoms with E-state index in [1.807, 2.05) is 37.8 Å². The minimum Gasteiger partial charge on any atom is -0.444 e. The van der Waals surface area contributed by atoms with E-state index in [2.05, 4.69) is 21.7 Å². The van der Waals surface area contributed by atoms with Crippen LogP contribution >= 0.6 is 0 Å². The number of hydrogen-bond acceptors (Lipinski definition) is 6. The Labute approximate surface area is 177 Å². The van der Waals surface area contributed by atoms with E-state index in [4.69, 9.17) is 4.74 Å². The molecule has 2 fully saturated rings. The second kappa shape index (κ2) is 7.58. The highest BCUT2D eigenvalue weighted by atomic mass is 16.6. The zero-order valence-corrected chi connectivity index (χ0v) is 18.5. The molecule has 0 unspecified atom stereocenters. The number of aryl methyl sites for hydroxylation is 1. The van der Waals surface area contributed by atoms with Crippen molar-refractivity contribution in [2.24, 2.45) is 7.05 Å². The predicted octanol–water partition coefficient (Wildman–Crippen LogP) is 2.06. The Bertz CT molecular complexity index is 1010. The van der Waals surface area contributed by atoms with Gasteiger partial charge in [0.05, 0.1) is 5.69 Å². The van der Waals surface area contributed by atoms with E-state index in [0.717, 1.165) is 30.7 Å². The van der Waals surface area contributed by atoms with Crippen LogP contribution in [0.4, 0.5) is 10.5 Å². The topological polar surface area (TPSA) is 70.9 Å². The molecule has 2 aliphatic rings. The van der Waals surface area contributed by atoms with Crippen molar-refractivity contribution in [1.29, 1.82) is 0 Å². The second-order valence-electron chi connectivity index (χ2n) is 9.37. The number of amides is 1. The normalized spacial score (nSPS) is 22.8. The number of pyridine rings is 2. The molecule has 30 heavy (non-hydrogen) atoms. The fraction of sp³-hybridized carbons (Fsp3) is 0.591. The Morgan fingerprint density at radius 3 is 2.70 bits per heavy atom. The molecule has 1 amide bonds. The number of rotatable bonds is 1. The summed E-state index contributed by atoms with van der Waals surface area (Å²) in [4.78, 5) is 36.1. The van der Waals surface area contributed by atoms with Crippen LogP contribution in [0, 0.1) is 0 Å². The zero-order valence-electron chi connectivity index (χ0n) is 18.5. The SMILES string of the molecule is C[C@@H]1CN(c2cc(=O)n(C)c3ncccc23)C[C@@H]2CN(C(=O)OC(C)(C)C)CCN21. The van der Waals surface area contributed by atoms with Crippen LogP contribution in [0.15, 0.2) is 29.2 Å². The lowest BCUT2D eigenvalue weighted by Gasteiger charge is -2.51. The monoisotopic (exact) mass is 413 g/mol. The van der Waals surface area contributed by atoms with E-state index < -0.39 is 5.60 Å². The highest BCUT2D eigenvalue weighted by Crippen LogP contribution is 2.29. The first-order valence-corrected chi connectivity index (χ1v) is 10.6. The fourth-order valence-electron chi connectivity index (χ4n) is 4.58. The summed E-state index contributed by atoms with van der Waals surface area (Å²) in [6.45, 7) is 11.6. The lowest BCUT2D eigenvalue weighted by atomic mass is 10.0. The largest absolute Gasteiger partial charge is 0.444 e.